The fourth-order valence-electron chi connectivity index (χ4n) is 3.19. The van der Waals surface area contributed by atoms with Crippen LogP contribution in [0.25, 0.3) is 0 Å². The van der Waals surface area contributed by atoms with Gasteiger partial charge in [-0.25, -0.2) is 9.79 Å². The maximum absolute atomic E-state index is 11.0. The minimum atomic E-state index is -1.02. The van der Waals surface area contributed by atoms with Crippen LogP contribution >= 0.6 is 0 Å². The first kappa shape index (κ1) is 22.4. The quantitative estimate of drug-likeness (QED) is 0.195. The van der Waals surface area contributed by atoms with E-state index in [0.29, 0.717) is 35.5 Å². The normalized spacial score (nSPS) is 11.2. The molecule has 0 amide bonds. The Balaban J connectivity index is 1.68. The van der Waals surface area contributed by atoms with E-state index in [1.807, 2.05) is 6.07 Å². The highest BCUT2D eigenvalue weighted by Crippen LogP contribution is 2.23. The van der Waals surface area contributed by atoms with Crippen LogP contribution in [0.5, 0.6) is 0 Å². The molecule has 8 heteroatoms. The van der Waals surface area contributed by atoms with Crippen LogP contribution in [0, 0.1) is 15.5 Å². The number of carbonyl (C=O) groups is 1. The third kappa shape index (κ3) is 5.63. The molecule has 0 bridgehead atoms. The van der Waals surface area contributed by atoms with Crippen LogP contribution in [0.2, 0.25) is 0 Å². The SMILES string of the molecule is N=C(c1ccc(C(=O)O)cc1)c1ccccc1N=C(N)CCCc1ccc([N+](=O)[O-])cc1. The zero-order chi connectivity index (χ0) is 23.1. The van der Waals surface area contributed by atoms with Gasteiger partial charge < -0.3 is 10.8 Å². The van der Waals surface area contributed by atoms with E-state index in [1.165, 1.54) is 24.3 Å². The number of nitro groups is 1. The molecule has 4 N–H and O–H groups in total. The maximum atomic E-state index is 11.0. The summed E-state index contributed by atoms with van der Waals surface area (Å²) < 4.78 is 0. The zero-order valence-corrected chi connectivity index (χ0v) is 17.2. The van der Waals surface area contributed by atoms with E-state index in [0.717, 1.165) is 12.0 Å². The van der Waals surface area contributed by atoms with Gasteiger partial charge in [0.25, 0.3) is 5.69 Å². The molecule has 3 aromatic carbocycles. The highest BCUT2D eigenvalue weighted by molar-refractivity contribution is 6.14. The largest absolute Gasteiger partial charge is 0.478 e. The fraction of sp³-hybridized carbons (Fsp3) is 0.125. The predicted molar refractivity (Wildman–Crippen MR) is 123 cm³/mol. The van der Waals surface area contributed by atoms with Gasteiger partial charge in [0, 0.05) is 29.7 Å². The summed E-state index contributed by atoms with van der Waals surface area (Å²) >= 11 is 0. The molecule has 0 spiro atoms. The average molecular weight is 430 g/mol. The molecule has 0 atom stereocenters. The number of non-ortho nitro benzene ring substituents is 1. The number of benzene rings is 3. The summed E-state index contributed by atoms with van der Waals surface area (Å²) in [4.78, 5) is 25.8. The molecule has 162 valence electrons. The van der Waals surface area contributed by atoms with Gasteiger partial charge in [0.1, 0.15) is 0 Å². The molecule has 0 saturated heterocycles. The van der Waals surface area contributed by atoms with Crippen molar-refractivity contribution in [2.45, 2.75) is 19.3 Å². The maximum Gasteiger partial charge on any atom is 0.335 e. The van der Waals surface area contributed by atoms with Gasteiger partial charge in [-0.05, 0) is 36.6 Å². The molecule has 3 rings (SSSR count). The van der Waals surface area contributed by atoms with Gasteiger partial charge in [0.2, 0.25) is 0 Å². The minimum Gasteiger partial charge on any atom is -0.478 e. The second-order valence-electron chi connectivity index (χ2n) is 7.15. The van der Waals surface area contributed by atoms with Crippen LogP contribution in [0.4, 0.5) is 11.4 Å². The number of hydrogen-bond acceptors (Lipinski definition) is 5. The van der Waals surface area contributed by atoms with E-state index in [2.05, 4.69) is 4.99 Å². The molecular weight excluding hydrogens is 408 g/mol. The summed E-state index contributed by atoms with van der Waals surface area (Å²) in [7, 11) is 0. The lowest BCUT2D eigenvalue weighted by Gasteiger charge is -2.09. The van der Waals surface area contributed by atoms with E-state index in [4.69, 9.17) is 16.2 Å². The second kappa shape index (κ2) is 10.1. The molecule has 0 aliphatic heterocycles. The monoisotopic (exact) mass is 430 g/mol. The highest BCUT2D eigenvalue weighted by atomic mass is 16.6. The van der Waals surface area contributed by atoms with Crippen molar-refractivity contribution in [3.63, 3.8) is 0 Å². The van der Waals surface area contributed by atoms with Crippen molar-refractivity contribution in [2.24, 2.45) is 10.7 Å². The van der Waals surface area contributed by atoms with Crippen LogP contribution in [-0.2, 0) is 6.42 Å². The lowest BCUT2D eigenvalue weighted by Crippen LogP contribution is -2.12. The Kier molecular flexibility index (Phi) is 7.07. The minimum absolute atomic E-state index is 0.0616. The first-order chi connectivity index (χ1) is 15.3. The van der Waals surface area contributed by atoms with Crippen LogP contribution < -0.4 is 5.73 Å². The van der Waals surface area contributed by atoms with Gasteiger partial charge in [-0.2, -0.15) is 0 Å². The van der Waals surface area contributed by atoms with Gasteiger partial charge in [0.15, 0.2) is 0 Å². The third-order valence-corrected chi connectivity index (χ3v) is 4.90. The summed E-state index contributed by atoms with van der Waals surface area (Å²) in [6, 6.07) is 19.7. The standard InChI is InChI=1S/C24H22N4O4/c25-22(7-3-4-16-8-14-19(15-9-16)28(31)32)27-21-6-2-1-5-20(21)23(26)17-10-12-18(13-11-17)24(29)30/h1-2,5-6,8-15,26H,3-4,7H2,(H2,25,27)(H,29,30). The Morgan fingerprint density at radius 3 is 2.25 bits per heavy atom. The molecule has 0 radical (unpaired) electrons. The molecule has 0 aromatic heterocycles. The van der Waals surface area contributed by atoms with Crippen molar-refractivity contribution in [1.82, 2.24) is 0 Å². The number of aromatic carboxylic acids is 1. The van der Waals surface area contributed by atoms with Gasteiger partial charge in [-0.3, -0.25) is 15.5 Å². The molecule has 0 aliphatic rings. The van der Waals surface area contributed by atoms with E-state index in [1.54, 1.807) is 42.5 Å². The van der Waals surface area contributed by atoms with E-state index in [-0.39, 0.29) is 17.0 Å². The number of carboxylic acid groups (broad SMARTS) is 1. The molecule has 8 nitrogen and oxygen atoms in total. The Morgan fingerprint density at radius 1 is 1.00 bits per heavy atom. The number of aryl methyl sites for hydroxylation is 1. The number of rotatable bonds is 9. The molecule has 3 aromatic rings. The first-order valence-corrected chi connectivity index (χ1v) is 9.93. The summed E-state index contributed by atoms with van der Waals surface area (Å²) in [5.41, 5.74) is 9.27. The number of nitro benzene ring substituents is 1. The van der Waals surface area contributed by atoms with Gasteiger partial charge in [0.05, 0.1) is 27.7 Å². The predicted octanol–water partition coefficient (Wildman–Crippen LogP) is 4.72. The summed E-state index contributed by atoms with van der Waals surface area (Å²) in [6.07, 6.45) is 1.97. The zero-order valence-electron chi connectivity index (χ0n) is 17.2. The molecular formula is C24H22N4O4. The second-order valence-corrected chi connectivity index (χ2v) is 7.15. The van der Waals surface area contributed by atoms with Crippen molar-refractivity contribution in [2.75, 3.05) is 0 Å². The van der Waals surface area contributed by atoms with Gasteiger partial charge in [-0.15, -0.1) is 0 Å². The Labute approximate surface area is 184 Å². The number of nitrogens with two attached hydrogens (primary N) is 1. The average Bonchev–Trinajstić information content (AvgIpc) is 2.79. The van der Waals surface area contributed by atoms with Crippen molar-refractivity contribution in [3.05, 3.63) is 105 Å². The molecule has 32 heavy (non-hydrogen) atoms. The van der Waals surface area contributed by atoms with E-state index in [9.17, 15) is 14.9 Å². The molecule has 0 saturated carbocycles. The van der Waals surface area contributed by atoms with Crippen molar-refractivity contribution in [1.29, 1.82) is 5.41 Å². The van der Waals surface area contributed by atoms with Crippen LogP contribution in [0.1, 0.15) is 39.9 Å². The van der Waals surface area contributed by atoms with Crippen molar-refractivity contribution < 1.29 is 14.8 Å². The van der Waals surface area contributed by atoms with E-state index >= 15 is 0 Å². The van der Waals surface area contributed by atoms with Crippen molar-refractivity contribution in [3.8, 4) is 0 Å². The molecule has 0 fully saturated rings. The molecule has 0 unspecified atom stereocenters. The lowest BCUT2D eigenvalue weighted by atomic mass is 10.00. The fourth-order valence-corrected chi connectivity index (χ4v) is 3.19. The summed E-state index contributed by atoms with van der Waals surface area (Å²) in [5.74, 6) is -0.594. The number of hydrogen-bond donors (Lipinski definition) is 3. The van der Waals surface area contributed by atoms with Crippen LogP contribution in [0.3, 0.4) is 0 Å². The number of carboxylic acids is 1. The Bertz CT molecular complexity index is 1170. The van der Waals surface area contributed by atoms with Crippen molar-refractivity contribution >= 4 is 28.9 Å². The third-order valence-electron chi connectivity index (χ3n) is 4.90. The highest BCUT2D eigenvalue weighted by Gasteiger charge is 2.11. The number of nitrogens with one attached hydrogen (secondary N) is 1. The molecule has 0 aliphatic carbocycles. The number of nitrogens with zero attached hydrogens (tertiary/aromatic N) is 2. The first-order valence-electron chi connectivity index (χ1n) is 9.93. The summed E-state index contributed by atoms with van der Waals surface area (Å²) in [5, 5.41) is 28.3. The Hall–Kier alpha value is -4.33. The topological polar surface area (TPSA) is 143 Å². The van der Waals surface area contributed by atoms with E-state index < -0.39 is 10.9 Å². The van der Waals surface area contributed by atoms with Crippen LogP contribution in [0.15, 0.2) is 77.8 Å². The van der Waals surface area contributed by atoms with Crippen LogP contribution in [-0.4, -0.2) is 27.5 Å². The molecule has 0 heterocycles. The van der Waals surface area contributed by atoms with Gasteiger partial charge >= 0.3 is 5.97 Å². The Morgan fingerprint density at radius 2 is 1.62 bits per heavy atom. The van der Waals surface area contributed by atoms with Gasteiger partial charge in [-0.1, -0.05) is 42.5 Å². The number of amidine groups is 1. The number of para-hydroxylation sites is 1. The number of aliphatic imine (C=N–C) groups is 1. The lowest BCUT2D eigenvalue weighted by molar-refractivity contribution is -0.384. The smallest absolute Gasteiger partial charge is 0.335 e. The summed E-state index contributed by atoms with van der Waals surface area (Å²) in [6.45, 7) is 0.